The molecular formula is C14H22N2O4. The number of hydrogen-bond donors (Lipinski definition) is 3. The molecule has 1 aliphatic heterocycles. The van der Waals surface area contributed by atoms with Crippen LogP contribution in [0.15, 0.2) is 0 Å². The maximum absolute atomic E-state index is 12.1. The molecule has 20 heavy (non-hydrogen) atoms. The summed E-state index contributed by atoms with van der Waals surface area (Å²) in [7, 11) is 0. The second-order valence-corrected chi connectivity index (χ2v) is 6.08. The lowest BCUT2D eigenvalue weighted by Gasteiger charge is -2.35. The van der Waals surface area contributed by atoms with Gasteiger partial charge in [-0.25, -0.2) is 0 Å². The van der Waals surface area contributed by atoms with Crippen molar-refractivity contribution in [3.63, 3.8) is 0 Å². The number of amides is 2. The van der Waals surface area contributed by atoms with Crippen LogP contribution in [-0.2, 0) is 14.4 Å². The fraction of sp³-hybridized carbons (Fsp3) is 0.786. The SMILES string of the molecule is O=C(O)CC1(CC(=O)NC2CNC(=O)C2)CCCCC1. The molecule has 1 aliphatic carbocycles. The molecule has 0 aromatic carbocycles. The molecule has 0 bridgehead atoms. The van der Waals surface area contributed by atoms with E-state index in [1.807, 2.05) is 0 Å². The van der Waals surface area contributed by atoms with Gasteiger partial charge >= 0.3 is 5.97 Å². The molecule has 1 heterocycles. The zero-order valence-corrected chi connectivity index (χ0v) is 11.6. The molecule has 0 aromatic heterocycles. The standard InChI is InChI=1S/C14H22N2O4/c17-11-6-10(9-15-11)16-12(18)7-14(8-13(19)20)4-2-1-3-5-14/h10H,1-9H2,(H,15,17)(H,16,18)(H,19,20). The van der Waals surface area contributed by atoms with Crippen molar-refractivity contribution in [2.75, 3.05) is 6.54 Å². The first-order valence-electron chi connectivity index (χ1n) is 7.27. The highest BCUT2D eigenvalue weighted by Gasteiger charge is 2.37. The quantitative estimate of drug-likeness (QED) is 0.695. The van der Waals surface area contributed by atoms with Gasteiger partial charge < -0.3 is 15.7 Å². The van der Waals surface area contributed by atoms with Crippen LogP contribution in [0.1, 0.15) is 51.4 Å². The number of hydrogen-bond acceptors (Lipinski definition) is 3. The lowest BCUT2D eigenvalue weighted by atomic mass is 9.69. The summed E-state index contributed by atoms with van der Waals surface area (Å²) in [5.74, 6) is -1.01. The van der Waals surface area contributed by atoms with Crippen LogP contribution < -0.4 is 10.6 Å². The lowest BCUT2D eigenvalue weighted by molar-refractivity contribution is -0.141. The molecule has 1 atom stereocenters. The van der Waals surface area contributed by atoms with Crippen LogP contribution in [-0.4, -0.2) is 35.5 Å². The summed E-state index contributed by atoms with van der Waals surface area (Å²) in [6, 6.07) is -0.152. The van der Waals surface area contributed by atoms with E-state index in [0.29, 0.717) is 13.0 Å². The molecule has 3 N–H and O–H groups in total. The predicted octanol–water partition coefficient (Wildman–Crippen LogP) is 0.806. The fourth-order valence-corrected chi connectivity index (χ4v) is 3.37. The Morgan fingerprint density at radius 3 is 2.50 bits per heavy atom. The van der Waals surface area contributed by atoms with Gasteiger partial charge in [-0.1, -0.05) is 19.3 Å². The van der Waals surface area contributed by atoms with E-state index in [1.165, 1.54) is 0 Å². The van der Waals surface area contributed by atoms with Gasteiger partial charge in [0.25, 0.3) is 0 Å². The van der Waals surface area contributed by atoms with Crippen LogP contribution in [0.4, 0.5) is 0 Å². The van der Waals surface area contributed by atoms with Gasteiger partial charge in [-0.3, -0.25) is 14.4 Å². The fourth-order valence-electron chi connectivity index (χ4n) is 3.37. The molecule has 0 spiro atoms. The van der Waals surface area contributed by atoms with Gasteiger partial charge in [0.1, 0.15) is 0 Å². The van der Waals surface area contributed by atoms with Crippen LogP contribution in [0.5, 0.6) is 0 Å². The topological polar surface area (TPSA) is 95.5 Å². The summed E-state index contributed by atoms with van der Waals surface area (Å²) in [6.07, 6.45) is 5.32. The molecule has 1 unspecified atom stereocenters. The molecule has 6 nitrogen and oxygen atoms in total. The number of nitrogens with one attached hydrogen (secondary N) is 2. The first kappa shape index (κ1) is 14.8. The van der Waals surface area contributed by atoms with Crippen LogP contribution in [0, 0.1) is 5.41 Å². The molecular weight excluding hydrogens is 260 g/mol. The largest absolute Gasteiger partial charge is 0.481 e. The van der Waals surface area contributed by atoms with Crippen LogP contribution in [0.3, 0.4) is 0 Å². The minimum Gasteiger partial charge on any atom is -0.481 e. The molecule has 2 amide bonds. The molecule has 112 valence electrons. The van der Waals surface area contributed by atoms with Gasteiger partial charge in [-0.05, 0) is 18.3 Å². The smallest absolute Gasteiger partial charge is 0.303 e. The lowest BCUT2D eigenvalue weighted by Crippen LogP contribution is -2.40. The van der Waals surface area contributed by atoms with Crippen molar-refractivity contribution in [2.45, 2.75) is 57.4 Å². The molecule has 0 aromatic rings. The van der Waals surface area contributed by atoms with Crippen LogP contribution in [0.25, 0.3) is 0 Å². The summed E-state index contributed by atoms with van der Waals surface area (Å²) in [5, 5.41) is 14.6. The number of rotatable bonds is 5. The van der Waals surface area contributed by atoms with Gasteiger partial charge in [-0.2, -0.15) is 0 Å². The molecule has 1 saturated carbocycles. The van der Waals surface area contributed by atoms with Crippen molar-refractivity contribution >= 4 is 17.8 Å². The van der Waals surface area contributed by atoms with Crippen molar-refractivity contribution in [3.05, 3.63) is 0 Å². The predicted molar refractivity (Wildman–Crippen MR) is 71.9 cm³/mol. The normalized spacial score (nSPS) is 25.0. The summed E-state index contributed by atoms with van der Waals surface area (Å²) in [6.45, 7) is 0.469. The van der Waals surface area contributed by atoms with Gasteiger partial charge in [-0.15, -0.1) is 0 Å². The summed E-state index contributed by atoms with van der Waals surface area (Å²) in [5.41, 5.74) is -0.399. The van der Waals surface area contributed by atoms with E-state index >= 15 is 0 Å². The zero-order chi connectivity index (χ0) is 14.6. The number of carboxylic acid groups (broad SMARTS) is 1. The van der Waals surface area contributed by atoms with Gasteiger partial charge in [0.05, 0.1) is 12.5 Å². The number of carbonyl (C=O) groups is 3. The summed E-state index contributed by atoms with van der Waals surface area (Å²) < 4.78 is 0. The average Bonchev–Trinajstić information content (AvgIpc) is 2.74. The Hall–Kier alpha value is -1.59. The first-order valence-corrected chi connectivity index (χ1v) is 7.27. The number of carbonyl (C=O) groups excluding carboxylic acids is 2. The van der Waals surface area contributed by atoms with Crippen molar-refractivity contribution < 1.29 is 19.5 Å². The van der Waals surface area contributed by atoms with Crippen molar-refractivity contribution in [2.24, 2.45) is 5.41 Å². The van der Waals surface area contributed by atoms with E-state index < -0.39 is 11.4 Å². The minimum atomic E-state index is -0.836. The van der Waals surface area contributed by atoms with E-state index in [4.69, 9.17) is 5.11 Å². The Morgan fingerprint density at radius 1 is 1.25 bits per heavy atom. The minimum absolute atomic E-state index is 0.0479. The third kappa shape index (κ3) is 3.95. The molecule has 2 aliphatic rings. The van der Waals surface area contributed by atoms with E-state index in [0.717, 1.165) is 32.1 Å². The Morgan fingerprint density at radius 2 is 1.95 bits per heavy atom. The van der Waals surface area contributed by atoms with Gasteiger partial charge in [0, 0.05) is 19.4 Å². The third-order valence-electron chi connectivity index (χ3n) is 4.32. The van der Waals surface area contributed by atoms with E-state index in [9.17, 15) is 14.4 Å². The highest BCUT2D eigenvalue weighted by Crippen LogP contribution is 2.42. The van der Waals surface area contributed by atoms with Crippen LogP contribution in [0.2, 0.25) is 0 Å². The van der Waals surface area contributed by atoms with Gasteiger partial charge in [0.15, 0.2) is 0 Å². The Labute approximate surface area is 118 Å². The molecule has 6 heteroatoms. The molecule has 0 radical (unpaired) electrons. The monoisotopic (exact) mass is 282 g/mol. The summed E-state index contributed by atoms with van der Waals surface area (Å²) >= 11 is 0. The second-order valence-electron chi connectivity index (χ2n) is 6.08. The van der Waals surface area contributed by atoms with Crippen LogP contribution >= 0.6 is 0 Å². The Kier molecular flexibility index (Phi) is 4.62. The maximum atomic E-state index is 12.1. The zero-order valence-electron chi connectivity index (χ0n) is 11.6. The van der Waals surface area contributed by atoms with E-state index in [1.54, 1.807) is 0 Å². The van der Waals surface area contributed by atoms with E-state index in [-0.39, 0.29) is 30.7 Å². The summed E-state index contributed by atoms with van der Waals surface area (Å²) in [4.78, 5) is 34.3. The maximum Gasteiger partial charge on any atom is 0.303 e. The Bertz CT molecular complexity index is 402. The highest BCUT2D eigenvalue weighted by atomic mass is 16.4. The Balaban J connectivity index is 1.91. The van der Waals surface area contributed by atoms with Crippen molar-refractivity contribution in [3.8, 4) is 0 Å². The van der Waals surface area contributed by atoms with Crippen molar-refractivity contribution in [1.29, 1.82) is 0 Å². The number of carboxylic acids is 1. The highest BCUT2D eigenvalue weighted by molar-refractivity contribution is 5.82. The van der Waals surface area contributed by atoms with Crippen molar-refractivity contribution in [1.82, 2.24) is 10.6 Å². The molecule has 1 saturated heterocycles. The van der Waals surface area contributed by atoms with Gasteiger partial charge in [0.2, 0.25) is 11.8 Å². The first-order chi connectivity index (χ1) is 9.49. The number of aliphatic carboxylic acids is 1. The van der Waals surface area contributed by atoms with E-state index in [2.05, 4.69) is 10.6 Å². The third-order valence-corrected chi connectivity index (χ3v) is 4.32. The molecule has 2 rings (SSSR count). The average molecular weight is 282 g/mol. The second kappa shape index (κ2) is 6.24. The molecule has 2 fully saturated rings.